The Bertz CT molecular complexity index is 388. The minimum absolute atomic E-state index is 0.0522. The monoisotopic (exact) mass is 257 g/mol. The third-order valence-corrected chi connectivity index (χ3v) is 3.54. The maximum Gasteiger partial charge on any atom is 0.329 e. The van der Waals surface area contributed by atoms with E-state index in [1.54, 1.807) is 0 Å². The Kier molecular flexibility index (Phi) is 3.90. The van der Waals surface area contributed by atoms with Crippen molar-refractivity contribution in [1.82, 2.24) is 9.36 Å². The van der Waals surface area contributed by atoms with E-state index in [0.717, 1.165) is 36.9 Å². The molecular formula is C10H15N3O3S. The van der Waals surface area contributed by atoms with Crippen molar-refractivity contribution >= 4 is 22.6 Å². The second-order valence-corrected chi connectivity index (χ2v) is 4.75. The number of rotatable bonds is 4. The number of ether oxygens (including phenoxy) is 1. The van der Waals surface area contributed by atoms with E-state index < -0.39 is 5.97 Å². The average Bonchev–Trinajstić information content (AvgIpc) is 2.74. The standard InChI is InChI=1S/C10H15N3O3S/c1-7-11-10(17-12-7)13-4-2-8(3-5-13)16-6-9(14)15/h8H,2-6H2,1H3,(H,14,15). The van der Waals surface area contributed by atoms with E-state index in [9.17, 15) is 4.79 Å². The van der Waals surface area contributed by atoms with Gasteiger partial charge in [0, 0.05) is 24.6 Å². The molecule has 2 heterocycles. The van der Waals surface area contributed by atoms with Gasteiger partial charge in [0.2, 0.25) is 5.13 Å². The van der Waals surface area contributed by atoms with Crippen LogP contribution in [0.5, 0.6) is 0 Å². The predicted molar refractivity (Wildman–Crippen MR) is 63.5 cm³/mol. The quantitative estimate of drug-likeness (QED) is 0.864. The van der Waals surface area contributed by atoms with Crippen LogP contribution < -0.4 is 4.90 Å². The van der Waals surface area contributed by atoms with Crippen LogP contribution in [0.3, 0.4) is 0 Å². The van der Waals surface area contributed by atoms with Gasteiger partial charge in [-0.05, 0) is 19.8 Å². The predicted octanol–water partition coefficient (Wildman–Crippen LogP) is 0.917. The Morgan fingerprint density at radius 3 is 2.82 bits per heavy atom. The van der Waals surface area contributed by atoms with Gasteiger partial charge in [-0.1, -0.05) is 0 Å². The number of anilines is 1. The fourth-order valence-corrected chi connectivity index (χ4v) is 2.54. The summed E-state index contributed by atoms with van der Waals surface area (Å²) in [7, 11) is 0. The second-order valence-electron chi connectivity index (χ2n) is 4.02. The molecule has 1 aromatic rings. The molecule has 0 spiro atoms. The lowest BCUT2D eigenvalue weighted by molar-refractivity contribution is -0.144. The van der Waals surface area contributed by atoms with Crippen LogP contribution in [0.1, 0.15) is 18.7 Å². The number of carboxylic acid groups (broad SMARTS) is 1. The van der Waals surface area contributed by atoms with Gasteiger partial charge in [0.05, 0.1) is 6.10 Å². The number of aromatic nitrogens is 2. The van der Waals surface area contributed by atoms with Crippen LogP contribution in [-0.2, 0) is 9.53 Å². The molecule has 1 aromatic heterocycles. The fraction of sp³-hybridized carbons (Fsp3) is 0.700. The molecule has 17 heavy (non-hydrogen) atoms. The summed E-state index contributed by atoms with van der Waals surface area (Å²) in [5.74, 6) is -0.110. The zero-order valence-corrected chi connectivity index (χ0v) is 10.4. The van der Waals surface area contributed by atoms with Crippen LogP contribution in [-0.4, -0.2) is 46.2 Å². The van der Waals surface area contributed by atoms with E-state index in [1.807, 2.05) is 6.92 Å². The summed E-state index contributed by atoms with van der Waals surface area (Å²) < 4.78 is 9.43. The van der Waals surface area contributed by atoms with Crippen molar-refractivity contribution in [3.05, 3.63) is 5.82 Å². The van der Waals surface area contributed by atoms with Gasteiger partial charge in [-0.3, -0.25) is 0 Å². The first-order valence-corrected chi connectivity index (χ1v) is 6.31. The van der Waals surface area contributed by atoms with Gasteiger partial charge in [0.15, 0.2) is 0 Å². The SMILES string of the molecule is Cc1nsc(N2CCC(OCC(=O)O)CC2)n1. The first-order valence-electron chi connectivity index (χ1n) is 5.54. The van der Waals surface area contributed by atoms with Gasteiger partial charge in [-0.2, -0.15) is 4.37 Å². The van der Waals surface area contributed by atoms with E-state index in [2.05, 4.69) is 14.3 Å². The molecule has 0 atom stereocenters. The Hall–Kier alpha value is -1.21. The van der Waals surface area contributed by atoms with Gasteiger partial charge >= 0.3 is 5.97 Å². The second kappa shape index (κ2) is 5.42. The highest BCUT2D eigenvalue weighted by molar-refractivity contribution is 7.09. The molecule has 0 aliphatic carbocycles. The normalized spacial score (nSPS) is 17.4. The number of carbonyl (C=O) groups is 1. The van der Waals surface area contributed by atoms with Crippen molar-refractivity contribution in [2.45, 2.75) is 25.9 Å². The maximum atomic E-state index is 10.4. The number of carboxylic acids is 1. The topological polar surface area (TPSA) is 75.6 Å². The molecule has 1 fully saturated rings. The summed E-state index contributed by atoms with van der Waals surface area (Å²) in [6.07, 6.45) is 1.73. The van der Waals surface area contributed by atoms with Crippen molar-refractivity contribution in [3.63, 3.8) is 0 Å². The van der Waals surface area contributed by atoms with Crippen molar-refractivity contribution in [1.29, 1.82) is 0 Å². The molecule has 2 rings (SSSR count). The molecule has 94 valence electrons. The molecule has 0 radical (unpaired) electrons. The minimum atomic E-state index is -0.910. The fourth-order valence-electron chi connectivity index (χ4n) is 1.82. The third kappa shape index (κ3) is 3.37. The number of aryl methyl sites for hydroxylation is 1. The number of nitrogens with zero attached hydrogens (tertiary/aromatic N) is 3. The molecule has 1 N–H and O–H groups in total. The van der Waals surface area contributed by atoms with Gasteiger partial charge < -0.3 is 14.7 Å². The highest BCUT2D eigenvalue weighted by Crippen LogP contribution is 2.22. The zero-order chi connectivity index (χ0) is 12.3. The summed E-state index contributed by atoms with van der Waals surface area (Å²) >= 11 is 1.41. The van der Waals surface area contributed by atoms with E-state index in [1.165, 1.54) is 11.5 Å². The van der Waals surface area contributed by atoms with Crippen LogP contribution in [0, 0.1) is 6.92 Å². The van der Waals surface area contributed by atoms with Crippen LogP contribution in [0.15, 0.2) is 0 Å². The van der Waals surface area contributed by atoms with Gasteiger partial charge in [0.25, 0.3) is 0 Å². The summed E-state index contributed by atoms with van der Waals surface area (Å²) in [5, 5.41) is 9.47. The molecule has 0 unspecified atom stereocenters. The van der Waals surface area contributed by atoms with Gasteiger partial charge in [-0.15, -0.1) is 0 Å². The molecule has 1 saturated heterocycles. The lowest BCUT2D eigenvalue weighted by Crippen LogP contribution is -2.37. The Balaban J connectivity index is 1.80. The first kappa shape index (κ1) is 12.3. The molecule has 0 saturated carbocycles. The van der Waals surface area contributed by atoms with Crippen molar-refractivity contribution in [2.75, 3.05) is 24.6 Å². The first-order chi connectivity index (χ1) is 8.15. The maximum absolute atomic E-state index is 10.4. The van der Waals surface area contributed by atoms with E-state index in [0.29, 0.717) is 0 Å². The summed E-state index contributed by atoms with van der Waals surface area (Å²) in [4.78, 5) is 16.9. The van der Waals surface area contributed by atoms with Crippen molar-refractivity contribution < 1.29 is 14.6 Å². The van der Waals surface area contributed by atoms with E-state index >= 15 is 0 Å². The molecular weight excluding hydrogens is 242 g/mol. The molecule has 6 nitrogen and oxygen atoms in total. The minimum Gasteiger partial charge on any atom is -0.480 e. The van der Waals surface area contributed by atoms with E-state index in [4.69, 9.17) is 9.84 Å². The molecule has 0 aromatic carbocycles. The van der Waals surface area contributed by atoms with Crippen LogP contribution in [0.2, 0.25) is 0 Å². The Morgan fingerprint density at radius 1 is 1.59 bits per heavy atom. The highest BCUT2D eigenvalue weighted by Gasteiger charge is 2.22. The molecule has 0 amide bonds. The van der Waals surface area contributed by atoms with Gasteiger partial charge in [-0.25, -0.2) is 9.78 Å². The highest BCUT2D eigenvalue weighted by atomic mass is 32.1. The lowest BCUT2D eigenvalue weighted by Gasteiger charge is -2.30. The Morgan fingerprint density at radius 2 is 2.29 bits per heavy atom. The number of hydrogen-bond donors (Lipinski definition) is 1. The smallest absolute Gasteiger partial charge is 0.329 e. The lowest BCUT2D eigenvalue weighted by atomic mass is 10.1. The van der Waals surface area contributed by atoms with Crippen LogP contribution in [0.25, 0.3) is 0 Å². The summed E-state index contributed by atoms with van der Waals surface area (Å²) in [5.41, 5.74) is 0. The molecule has 0 bridgehead atoms. The largest absolute Gasteiger partial charge is 0.480 e. The third-order valence-electron chi connectivity index (χ3n) is 2.67. The molecule has 1 aliphatic heterocycles. The van der Waals surface area contributed by atoms with E-state index in [-0.39, 0.29) is 12.7 Å². The number of piperidine rings is 1. The van der Waals surface area contributed by atoms with Crippen molar-refractivity contribution in [2.24, 2.45) is 0 Å². The molecule has 1 aliphatic rings. The van der Waals surface area contributed by atoms with Crippen LogP contribution >= 0.6 is 11.5 Å². The Labute approximate surface area is 103 Å². The average molecular weight is 257 g/mol. The summed E-state index contributed by atoms with van der Waals surface area (Å²) in [6.45, 7) is 3.36. The van der Waals surface area contributed by atoms with Gasteiger partial charge in [0.1, 0.15) is 12.4 Å². The van der Waals surface area contributed by atoms with Crippen molar-refractivity contribution in [3.8, 4) is 0 Å². The zero-order valence-electron chi connectivity index (χ0n) is 9.63. The number of hydrogen-bond acceptors (Lipinski definition) is 6. The number of aliphatic carboxylic acids is 1. The summed E-state index contributed by atoms with van der Waals surface area (Å²) in [6, 6.07) is 0. The molecule has 7 heteroatoms. The van der Waals surface area contributed by atoms with Crippen LogP contribution in [0.4, 0.5) is 5.13 Å².